The molecule has 4 heteroatoms. The van der Waals surface area contributed by atoms with E-state index in [4.69, 9.17) is 4.74 Å². The highest BCUT2D eigenvalue weighted by Gasteiger charge is 2.15. The van der Waals surface area contributed by atoms with E-state index in [9.17, 15) is 4.79 Å². The highest BCUT2D eigenvalue weighted by molar-refractivity contribution is 5.67. The maximum absolute atomic E-state index is 11.7. The molecule has 0 spiro atoms. The van der Waals surface area contributed by atoms with Crippen molar-refractivity contribution in [3.05, 3.63) is 0 Å². The molecule has 0 unspecified atom stereocenters. The molecule has 0 bridgehead atoms. The predicted octanol–water partition coefficient (Wildman–Crippen LogP) is 9.51. The molecule has 0 atom stereocenters. The minimum Gasteiger partial charge on any atom is -0.444 e. The van der Waals surface area contributed by atoms with Gasteiger partial charge in [-0.15, -0.1) is 0 Å². The molecular weight excluding hydrogens is 420 g/mol. The minimum absolute atomic E-state index is 0.294. The average molecular weight is 485 g/mol. The Morgan fingerprint density at radius 2 is 0.971 bits per heavy atom. The van der Waals surface area contributed by atoms with Crippen LogP contribution in [-0.2, 0) is 4.74 Å². The van der Waals surface area contributed by atoms with Crippen molar-refractivity contribution in [1.82, 2.24) is 10.2 Å². The van der Waals surface area contributed by atoms with E-state index in [-0.39, 0.29) is 6.09 Å². The van der Waals surface area contributed by atoms with Gasteiger partial charge in [-0.3, -0.25) is 0 Å². The zero-order valence-electron chi connectivity index (χ0n) is 24.6. The van der Waals surface area contributed by atoms with E-state index in [1.165, 1.54) is 122 Å². The topological polar surface area (TPSA) is 41.6 Å². The Hall–Kier alpha value is -0.770. The summed E-state index contributed by atoms with van der Waals surface area (Å²) in [5, 5.41) is 2.88. The van der Waals surface area contributed by atoms with Gasteiger partial charge < -0.3 is 15.0 Å². The molecule has 1 amide bonds. The number of nitrogens with zero attached hydrogens (tertiary/aromatic N) is 1. The summed E-state index contributed by atoms with van der Waals surface area (Å²) in [5.41, 5.74) is -0.420. The van der Waals surface area contributed by atoms with Crippen molar-refractivity contribution in [3.63, 3.8) is 0 Å². The molecule has 0 heterocycles. The minimum atomic E-state index is -0.420. The van der Waals surface area contributed by atoms with Gasteiger partial charge in [-0.25, -0.2) is 4.79 Å². The lowest BCUT2D eigenvalue weighted by atomic mass is 10.1. The second-order valence-corrected chi connectivity index (χ2v) is 10.6. The Kier molecular flexibility index (Phi) is 27.9. The molecule has 1 N–H and O–H groups in total. The van der Waals surface area contributed by atoms with Crippen molar-refractivity contribution in [3.8, 4) is 0 Å². The first-order chi connectivity index (χ1) is 16.4. The molecule has 0 saturated carbocycles. The van der Waals surface area contributed by atoms with Crippen LogP contribution in [0.4, 0.5) is 4.79 Å². The lowest BCUT2D eigenvalue weighted by Crippen LogP contribution is -2.33. The third kappa shape index (κ3) is 29.3. The van der Waals surface area contributed by atoms with Gasteiger partial charge in [-0.05, 0) is 66.1 Å². The van der Waals surface area contributed by atoms with E-state index in [0.717, 1.165) is 6.42 Å². The van der Waals surface area contributed by atoms with Gasteiger partial charge in [0.25, 0.3) is 0 Å². The first-order valence-electron chi connectivity index (χ1n) is 15.1. The lowest BCUT2D eigenvalue weighted by Gasteiger charge is -2.22. The fraction of sp³-hybridized carbons (Fsp3) is 0.967. The van der Waals surface area contributed by atoms with E-state index < -0.39 is 5.60 Å². The third-order valence-corrected chi connectivity index (χ3v) is 5.98. The number of hydrogen-bond acceptors (Lipinski definition) is 3. The molecule has 4 nitrogen and oxygen atoms in total. The van der Waals surface area contributed by atoms with Crippen LogP contribution in [0.3, 0.4) is 0 Å². The van der Waals surface area contributed by atoms with Crippen LogP contribution in [0.1, 0.15) is 158 Å². The molecular formula is C30H64N2O2. The second-order valence-electron chi connectivity index (χ2n) is 10.6. The molecule has 34 heavy (non-hydrogen) atoms. The summed E-state index contributed by atoms with van der Waals surface area (Å²) in [6.07, 6.45) is 22.5. The molecule has 206 valence electrons. The van der Waals surface area contributed by atoms with E-state index in [2.05, 4.69) is 24.1 Å². The predicted molar refractivity (Wildman–Crippen MR) is 152 cm³/mol. The molecule has 0 aliphatic carbocycles. The van der Waals surface area contributed by atoms with Crippen LogP contribution < -0.4 is 5.32 Å². The van der Waals surface area contributed by atoms with Crippen LogP contribution >= 0.6 is 0 Å². The van der Waals surface area contributed by atoms with Crippen LogP contribution in [0.2, 0.25) is 0 Å². The van der Waals surface area contributed by atoms with Crippen LogP contribution in [-0.4, -0.2) is 42.8 Å². The van der Waals surface area contributed by atoms with Crippen molar-refractivity contribution in [2.45, 2.75) is 163 Å². The van der Waals surface area contributed by atoms with E-state index in [0.29, 0.717) is 6.54 Å². The van der Waals surface area contributed by atoms with Gasteiger partial charge >= 0.3 is 6.09 Å². The molecule has 0 aromatic heterocycles. The van der Waals surface area contributed by atoms with Crippen molar-refractivity contribution in [2.24, 2.45) is 0 Å². The van der Waals surface area contributed by atoms with E-state index in [1.54, 1.807) is 0 Å². The third-order valence-electron chi connectivity index (χ3n) is 5.98. The first-order valence-corrected chi connectivity index (χ1v) is 15.1. The standard InChI is InChI=1S/C28H58N2O2.C2H6/c1-6-8-10-12-14-16-20-24-30(25-21-17-15-13-11-9-7-2)26-22-18-19-23-29-27(31)32-28(3,4)5;1-2/h6-26H2,1-5H3,(H,29,31);1-2H3. The first kappa shape index (κ1) is 35.4. The SMILES string of the molecule is CC.CCCCCCCCCN(CCCCCCCCC)CCCCCNC(=O)OC(C)(C)C. The number of ether oxygens (including phenoxy) is 1. The number of hydrogen-bond donors (Lipinski definition) is 1. The van der Waals surface area contributed by atoms with Gasteiger partial charge in [-0.1, -0.05) is 111 Å². The Bertz CT molecular complexity index is 389. The Labute approximate surface area is 215 Å². The fourth-order valence-electron chi connectivity index (χ4n) is 4.06. The number of alkyl carbamates (subject to hydrolysis) is 1. The molecule has 0 aliphatic rings. The van der Waals surface area contributed by atoms with Crippen LogP contribution in [0.15, 0.2) is 0 Å². The van der Waals surface area contributed by atoms with Crippen LogP contribution in [0.5, 0.6) is 0 Å². The summed E-state index contributed by atoms with van der Waals surface area (Å²) in [7, 11) is 0. The normalized spacial score (nSPS) is 11.3. The maximum Gasteiger partial charge on any atom is 0.407 e. The molecule has 0 saturated heterocycles. The van der Waals surface area contributed by atoms with Crippen molar-refractivity contribution >= 4 is 6.09 Å². The van der Waals surface area contributed by atoms with Gasteiger partial charge in [0.1, 0.15) is 5.60 Å². The molecule has 0 fully saturated rings. The smallest absolute Gasteiger partial charge is 0.407 e. The number of carbonyl (C=O) groups is 1. The monoisotopic (exact) mass is 484 g/mol. The number of unbranched alkanes of at least 4 members (excludes halogenated alkanes) is 14. The molecule has 0 aromatic rings. The van der Waals surface area contributed by atoms with Gasteiger partial charge in [0.15, 0.2) is 0 Å². The van der Waals surface area contributed by atoms with Crippen molar-refractivity contribution in [1.29, 1.82) is 0 Å². The van der Waals surface area contributed by atoms with Gasteiger partial charge in [0, 0.05) is 6.54 Å². The summed E-state index contributed by atoms with van der Waals surface area (Å²) >= 11 is 0. The highest BCUT2D eigenvalue weighted by atomic mass is 16.6. The maximum atomic E-state index is 11.7. The highest BCUT2D eigenvalue weighted by Crippen LogP contribution is 2.11. The van der Waals surface area contributed by atoms with Crippen molar-refractivity contribution in [2.75, 3.05) is 26.2 Å². The van der Waals surface area contributed by atoms with Crippen LogP contribution in [0, 0.1) is 0 Å². The lowest BCUT2D eigenvalue weighted by molar-refractivity contribution is 0.0527. The number of nitrogens with one attached hydrogen (secondary N) is 1. The number of amides is 1. The Morgan fingerprint density at radius 1 is 0.618 bits per heavy atom. The summed E-state index contributed by atoms with van der Waals surface area (Å²) in [6.45, 7) is 18.7. The van der Waals surface area contributed by atoms with Crippen LogP contribution in [0.25, 0.3) is 0 Å². The Balaban J connectivity index is 0. The summed E-state index contributed by atoms with van der Waals surface area (Å²) < 4.78 is 5.30. The molecule has 0 aromatic carbocycles. The largest absolute Gasteiger partial charge is 0.444 e. The van der Waals surface area contributed by atoms with Gasteiger partial charge in [-0.2, -0.15) is 0 Å². The number of carbonyl (C=O) groups excluding carboxylic acids is 1. The summed E-state index contributed by atoms with van der Waals surface area (Å²) in [6, 6.07) is 0. The zero-order valence-corrected chi connectivity index (χ0v) is 24.6. The zero-order chi connectivity index (χ0) is 25.9. The molecule has 0 radical (unpaired) electrons. The molecule has 0 rings (SSSR count). The van der Waals surface area contributed by atoms with Crippen molar-refractivity contribution < 1.29 is 9.53 Å². The van der Waals surface area contributed by atoms with E-state index >= 15 is 0 Å². The second kappa shape index (κ2) is 26.8. The van der Waals surface area contributed by atoms with Gasteiger partial charge in [0.05, 0.1) is 0 Å². The number of rotatable bonds is 22. The average Bonchev–Trinajstić information content (AvgIpc) is 2.79. The quantitative estimate of drug-likeness (QED) is 0.155. The molecule has 0 aliphatic heterocycles. The Morgan fingerprint density at radius 3 is 1.35 bits per heavy atom. The summed E-state index contributed by atoms with van der Waals surface area (Å²) in [4.78, 5) is 14.4. The van der Waals surface area contributed by atoms with Gasteiger partial charge in [0.2, 0.25) is 0 Å². The summed E-state index contributed by atoms with van der Waals surface area (Å²) in [5.74, 6) is 0. The van der Waals surface area contributed by atoms with E-state index in [1.807, 2.05) is 34.6 Å². The fourth-order valence-corrected chi connectivity index (χ4v) is 4.06.